The molecule has 11 heteroatoms. The SMILES string of the molecule is O=C1c2ccccc2-c2nccc3cc(OCCOc4no[n+]([O-])c4S(=O)(=O)c4ccccc4)cc1c23. The third-order valence-electron chi connectivity index (χ3n) is 5.95. The van der Waals surface area contributed by atoms with E-state index in [4.69, 9.17) is 9.47 Å². The van der Waals surface area contributed by atoms with Crippen molar-refractivity contribution >= 4 is 26.4 Å². The van der Waals surface area contributed by atoms with Crippen LogP contribution in [0.5, 0.6) is 11.6 Å². The van der Waals surface area contributed by atoms with Crippen LogP contribution in [0.3, 0.4) is 0 Å². The van der Waals surface area contributed by atoms with Crippen molar-refractivity contribution in [3.63, 3.8) is 0 Å². The van der Waals surface area contributed by atoms with Crippen molar-refractivity contribution in [2.45, 2.75) is 9.92 Å². The highest BCUT2D eigenvalue weighted by molar-refractivity contribution is 7.91. The van der Waals surface area contributed by atoms with Gasteiger partial charge < -0.3 is 14.7 Å². The molecule has 0 N–H and O–H groups in total. The van der Waals surface area contributed by atoms with E-state index in [0.717, 1.165) is 22.0 Å². The number of fused-ring (bicyclic) bond motifs is 2. The molecule has 2 aromatic heterocycles. The zero-order valence-corrected chi connectivity index (χ0v) is 19.8. The molecular weight excluding hydrogens is 498 g/mol. The molecule has 0 radical (unpaired) electrons. The molecule has 0 aliphatic heterocycles. The number of benzene rings is 3. The van der Waals surface area contributed by atoms with Crippen LogP contribution in [0.2, 0.25) is 0 Å². The fourth-order valence-electron chi connectivity index (χ4n) is 4.33. The number of hydrogen-bond donors (Lipinski definition) is 0. The smallest absolute Gasteiger partial charge is 0.415 e. The van der Waals surface area contributed by atoms with Gasteiger partial charge in [-0.05, 0) is 40.6 Å². The van der Waals surface area contributed by atoms with E-state index in [9.17, 15) is 18.4 Å². The summed E-state index contributed by atoms with van der Waals surface area (Å²) in [7, 11) is -4.22. The summed E-state index contributed by atoms with van der Waals surface area (Å²) in [5.74, 6) is -0.174. The first kappa shape index (κ1) is 22.7. The molecule has 5 aromatic rings. The van der Waals surface area contributed by atoms with Crippen molar-refractivity contribution < 1.29 is 32.2 Å². The van der Waals surface area contributed by atoms with Crippen molar-refractivity contribution in [2.75, 3.05) is 13.2 Å². The summed E-state index contributed by atoms with van der Waals surface area (Å²) in [5.41, 5.74) is 2.58. The summed E-state index contributed by atoms with van der Waals surface area (Å²) in [6.07, 6.45) is 1.68. The Labute approximate surface area is 210 Å². The van der Waals surface area contributed by atoms with Crippen LogP contribution in [0, 0.1) is 5.21 Å². The number of carbonyl (C=O) groups is 1. The molecule has 0 amide bonds. The third kappa shape index (κ3) is 3.76. The Hall–Kier alpha value is -4.77. The summed E-state index contributed by atoms with van der Waals surface area (Å²) >= 11 is 0. The molecule has 37 heavy (non-hydrogen) atoms. The highest BCUT2D eigenvalue weighted by Gasteiger charge is 2.35. The zero-order chi connectivity index (χ0) is 25.6. The van der Waals surface area contributed by atoms with E-state index in [2.05, 4.69) is 14.8 Å². The Bertz CT molecular complexity index is 1780. The second-order valence-electron chi connectivity index (χ2n) is 8.16. The van der Waals surface area contributed by atoms with Gasteiger partial charge >= 0.3 is 10.9 Å². The van der Waals surface area contributed by atoms with Gasteiger partial charge in [-0.3, -0.25) is 14.4 Å². The first-order valence-corrected chi connectivity index (χ1v) is 12.7. The van der Waals surface area contributed by atoms with Gasteiger partial charge in [-0.15, -0.1) is 0 Å². The molecule has 6 rings (SSSR count). The number of nitrogens with zero attached hydrogens (tertiary/aromatic N) is 3. The van der Waals surface area contributed by atoms with Crippen LogP contribution in [0.1, 0.15) is 15.9 Å². The quantitative estimate of drug-likeness (QED) is 0.232. The van der Waals surface area contributed by atoms with Crippen LogP contribution in [-0.4, -0.2) is 37.6 Å². The zero-order valence-electron chi connectivity index (χ0n) is 19.0. The van der Waals surface area contributed by atoms with Crippen molar-refractivity contribution in [2.24, 2.45) is 0 Å². The van der Waals surface area contributed by atoms with Crippen molar-refractivity contribution in [1.82, 2.24) is 10.1 Å². The number of sulfone groups is 1. The van der Waals surface area contributed by atoms with Crippen LogP contribution in [0.4, 0.5) is 0 Å². The second-order valence-corrected chi connectivity index (χ2v) is 10.0. The molecular formula is C26H17N3O7S. The Morgan fingerprint density at radius 2 is 1.62 bits per heavy atom. The van der Waals surface area contributed by atoms with Gasteiger partial charge in [0.25, 0.3) is 9.84 Å². The molecule has 0 bridgehead atoms. The number of aromatic nitrogens is 3. The summed E-state index contributed by atoms with van der Waals surface area (Å²) in [6, 6.07) is 20.0. The van der Waals surface area contributed by atoms with Gasteiger partial charge in [0.2, 0.25) is 0 Å². The van der Waals surface area contributed by atoms with Crippen LogP contribution in [0.25, 0.3) is 22.0 Å². The van der Waals surface area contributed by atoms with Crippen LogP contribution in [-0.2, 0) is 9.84 Å². The molecule has 0 atom stereocenters. The first-order chi connectivity index (χ1) is 17.9. The molecule has 3 aromatic carbocycles. The van der Waals surface area contributed by atoms with Gasteiger partial charge in [-0.1, -0.05) is 42.5 Å². The minimum atomic E-state index is -4.22. The molecule has 0 unspecified atom stereocenters. The van der Waals surface area contributed by atoms with Crippen molar-refractivity contribution in [1.29, 1.82) is 0 Å². The lowest BCUT2D eigenvalue weighted by Gasteiger charge is -2.19. The van der Waals surface area contributed by atoms with Crippen molar-refractivity contribution in [3.8, 4) is 22.9 Å². The average molecular weight is 516 g/mol. The molecule has 0 fully saturated rings. The number of ketones is 1. The molecule has 1 aliphatic rings. The highest BCUT2D eigenvalue weighted by atomic mass is 32.2. The van der Waals surface area contributed by atoms with E-state index in [1.807, 2.05) is 12.1 Å². The largest absolute Gasteiger partial charge is 0.490 e. The normalized spacial score (nSPS) is 12.4. The number of ether oxygens (including phenoxy) is 2. The Kier molecular flexibility index (Phi) is 5.34. The van der Waals surface area contributed by atoms with Gasteiger partial charge in [-0.25, -0.2) is 8.42 Å². The number of carbonyl (C=O) groups excluding carboxylic acids is 1. The van der Waals surface area contributed by atoms with E-state index in [1.165, 1.54) is 24.3 Å². The van der Waals surface area contributed by atoms with E-state index in [-0.39, 0.29) is 28.8 Å². The monoisotopic (exact) mass is 515 g/mol. The molecule has 10 nitrogen and oxygen atoms in total. The van der Waals surface area contributed by atoms with E-state index in [0.29, 0.717) is 16.9 Å². The highest BCUT2D eigenvalue weighted by Crippen LogP contribution is 2.39. The lowest BCUT2D eigenvalue weighted by atomic mass is 9.85. The fraction of sp³-hybridized carbons (Fsp3) is 0.0769. The molecule has 0 saturated carbocycles. The van der Waals surface area contributed by atoms with E-state index >= 15 is 0 Å². The predicted octanol–water partition coefficient (Wildman–Crippen LogP) is 3.36. The molecule has 2 heterocycles. The molecule has 184 valence electrons. The van der Waals surface area contributed by atoms with Gasteiger partial charge in [0.1, 0.15) is 19.0 Å². The topological polar surface area (TPSA) is 136 Å². The van der Waals surface area contributed by atoms with Gasteiger partial charge in [-0.2, -0.15) is 0 Å². The summed E-state index contributed by atoms with van der Waals surface area (Å²) in [4.78, 5) is 17.4. The lowest BCUT2D eigenvalue weighted by molar-refractivity contribution is -0.832. The van der Waals surface area contributed by atoms with Gasteiger partial charge in [0.05, 0.1) is 15.7 Å². The predicted molar refractivity (Wildman–Crippen MR) is 129 cm³/mol. The Morgan fingerprint density at radius 3 is 2.43 bits per heavy atom. The van der Waals surface area contributed by atoms with Crippen LogP contribution < -0.4 is 14.4 Å². The Morgan fingerprint density at radius 1 is 0.892 bits per heavy atom. The minimum Gasteiger partial charge on any atom is -0.490 e. The number of hydrogen-bond acceptors (Lipinski definition) is 9. The molecule has 0 saturated heterocycles. The maximum atomic E-state index is 13.2. The summed E-state index contributed by atoms with van der Waals surface area (Å²) in [6.45, 7) is -0.167. The maximum absolute atomic E-state index is 13.2. The Balaban J connectivity index is 1.22. The van der Waals surface area contributed by atoms with Crippen molar-refractivity contribution in [3.05, 3.63) is 95.3 Å². The summed E-state index contributed by atoms with van der Waals surface area (Å²) in [5, 5.41) is 16.3. The van der Waals surface area contributed by atoms with E-state index in [1.54, 1.807) is 42.6 Å². The summed E-state index contributed by atoms with van der Waals surface area (Å²) < 4.78 is 41.4. The maximum Gasteiger partial charge on any atom is 0.415 e. The molecule has 0 spiro atoms. The molecule has 1 aliphatic carbocycles. The van der Waals surface area contributed by atoms with Crippen LogP contribution >= 0.6 is 0 Å². The number of rotatable bonds is 7. The van der Waals surface area contributed by atoms with Gasteiger partial charge in [0, 0.05) is 28.3 Å². The fourth-order valence-corrected chi connectivity index (χ4v) is 5.62. The second kappa shape index (κ2) is 8.71. The van der Waals surface area contributed by atoms with Crippen LogP contribution in [0.15, 0.2) is 93.5 Å². The lowest BCUT2D eigenvalue weighted by Crippen LogP contribution is -2.31. The van der Waals surface area contributed by atoms with E-state index < -0.39 is 20.7 Å². The van der Waals surface area contributed by atoms with Gasteiger partial charge in [0.15, 0.2) is 5.78 Å². The number of pyridine rings is 1. The average Bonchev–Trinajstić information content (AvgIpc) is 3.30. The third-order valence-corrected chi connectivity index (χ3v) is 7.68. The standard InChI is InChI=1S/C26H17N3O7S/c30-24-20-9-5-4-8-19(20)23-22-16(10-11-27-23)14-17(15-21(22)24)34-12-13-35-25-26(29(31)36-28-25)37(32,33)18-6-2-1-3-7-18/h1-11,14-15H,12-13H2. The first-order valence-electron chi connectivity index (χ1n) is 11.2. The minimum absolute atomic E-state index is 0.0236.